The van der Waals surface area contributed by atoms with Gasteiger partial charge in [-0.2, -0.15) is 5.10 Å². The fourth-order valence-electron chi connectivity index (χ4n) is 3.91. The van der Waals surface area contributed by atoms with Gasteiger partial charge in [-0.05, 0) is 30.4 Å². The summed E-state index contributed by atoms with van der Waals surface area (Å²) in [5.41, 5.74) is 5.52. The number of hydrogen-bond acceptors (Lipinski definition) is 3. The number of carbonyl (C=O) groups excluding carboxylic acids is 1. The van der Waals surface area contributed by atoms with Gasteiger partial charge in [-0.15, -0.1) is 0 Å². The maximum absolute atomic E-state index is 12.6. The Morgan fingerprint density at radius 1 is 1.00 bits per heavy atom. The molecule has 5 nitrogen and oxygen atoms in total. The largest absolute Gasteiger partial charge is 0.351 e. The highest BCUT2D eigenvalue weighted by Crippen LogP contribution is 2.32. The maximum Gasteiger partial charge on any atom is 0.234 e. The van der Waals surface area contributed by atoms with Crippen LogP contribution in [-0.4, -0.2) is 22.2 Å². The fraction of sp³-hybridized carbons (Fsp3) is 0.385. The van der Waals surface area contributed by atoms with Crippen LogP contribution in [0.15, 0.2) is 60.7 Å². The summed E-state index contributed by atoms with van der Waals surface area (Å²) in [4.78, 5) is 12.6. The second-order valence-electron chi connectivity index (χ2n) is 9.16. The van der Waals surface area contributed by atoms with Crippen LogP contribution in [0.1, 0.15) is 54.9 Å². The highest BCUT2D eigenvalue weighted by atomic mass is 16.1. The molecule has 164 valence electrons. The van der Waals surface area contributed by atoms with Crippen molar-refractivity contribution in [3.63, 3.8) is 0 Å². The lowest BCUT2D eigenvalue weighted by atomic mass is 9.82. The van der Waals surface area contributed by atoms with Crippen molar-refractivity contribution in [2.24, 2.45) is 5.41 Å². The summed E-state index contributed by atoms with van der Waals surface area (Å²) in [5, 5.41) is 11.2. The number of amides is 1. The minimum Gasteiger partial charge on any atom is -0.351 e. The highest BCUT2D eigenvalue weighted by molar-refractivity contribution is 5.78. The topological polar surface area (TPSA) is 59.0 Å². The first-order valence-corrected chi connectivity index (χ1v) is 10.9. The molecule has 5 heteroatoms. The van der Waals surface area contributed by atoms with Crippen LogP contribution in [0.5, 0.6) is 0 Å². The zero-order valence-corrected chi connectivity index (χ0v) is 19.3. The van der Waals surface area contributed by atoms with E-state index in [2.05, 4.69) is 67.7 Å². The summed E-state index contributed by atoms with van der Waals surface area (Å²) in [6.07, 6.45) is 0. The van der Waals surface area contributed by atoms with E-state index in [1.807, 2.05) is 48.0 Å². The van der Waals surface area contributed by atoms with Gasteiger partial charge in [0.05, 0.1) is 18.8 Å². The molecule has 1 aromatic heterocycles. The van der Waals surface area contributed by atoms with Crippen LogP contribution in [0, 0.1) is 19.3 Å². The van der Waals surface area contributed by atoms with Crippen LogP contribution >= 0.6 is 0 Å². The summed E-state index contributed by atoms with van der Waals surface area (Å²) in [7, 11) is 0. The molecule has 0 aliphatic carbocycles. The smallest absolute Gasteiger partial charge is 0.234 e. The van der Waals surface area contributed by atoms with Crippen molar-refractivity contribution in [2.75, 3.05) is 6.54 Å². The van der Waals surface area contributed by atoms with Crippen molar-refractivity contribution in [2.45, 2.75) is 53.8 Å². The third-order valence-corrected chi connectivity index (χ3v) is 5.63. The van der Waals surface area contributed by atoms with Crippen molar-refractivity contribution < 1.29 is 4.79 Å². The first-order valence-electron chi connectivity index (χ1n) is 10.9. The lowest BCUT2D eigenvalue weighted by molar-refractivity contribution is -0.120. The average Bonchev–Trinajstić information content (AvgIpc) is 2.99. The van der Waals surface area contributed by atoms with Gasteiger partial charge in [-0.1, -0.05) is 81.4 Å². The molecule has 0 aliphatic rings. The Hall–Kier alpha value is -2.92. The number of nitrogens with one attached hydrogen (secondary N) is 2. The molecule has 0 bridgehead atoms. The molecule has 1 atom stereocenters. The van der Waals surface area contributed by atoms with Crippen LogP contribution in [-0.2, 0) is 17.9 Å². The van der Waals surface area contributed by atoms with Crippen LogP contribution in [0.2, 0.25) is 0 Å². The lowest BCUT2D eigenvalue weighted by Crippen LogP contribution is -2.39. The summed E-state index contributed by atoms with van der Waals surface area (Å²) in [6.45, 7) is 12.1. The number of rotatable bonds is 8. The fourth-order valence-corrected chi connectivity index (χ4v) is 3.91. The van der Waals surface area contributed by atoms with Crippen LogP contribution in [0.25, 0.3) is 0 Å². The molecule has 0 fully saturated rings. The molecule has 3 rings (SSSR count). The number of nitrogens with zero attached hydrogens (tertiary/aromatic N) is 2. The first kappa shape index (κ1) is 22.8. The molecular weight excluding hydrogens is 384 g/mol. The van der Waals surface area contributed by atoms with Gasteiger partial charge < -0.3 is 10.6 Å². The Labute approximate surface area is 185 Å². The monoisotopic (exact) mass is 418 g/mol. The molecule has 1 heterocycles. The molecule has 2 N–H and O–H groups in total. The minimum absolute atomic E-state index is 0.00656. The molecule has 0 radical (unpaired) electrons. The Bertz CT molecular complexity index is 987. The molecule has 0 saturated carbocycles. The molecule has 3 aromatic rings. The highest BCUT2D eigenvalue weighted by Gasteiger charge is 2.26. The van der Waals surface area contributed by atoms with E-state index in [-0.39, 0.29) is 23.9 Å². The summed E-state index contributed by atoms with van der Waals surface area (Å²) >= 11 is 0. The molecule has 0 saturated heterocycles. The molecule has 0 spiro atoms. The average molecular weight is 419 g/mol. The number of carbonyl (C=O) groups is 1. The van der Waals surface area contributed by atoms with Crippen molar-refractivity contribution >= 4 is 5.91 Å². The molecule has 2 aromatic carbocycles. The van der Waals surface area contributed by atoms with Gasteiger partial charge in [0.1, 0.15) is 0 Å². The van der Waals surface area contributed by atoms with Crippen LogP contribution in [0.4, 0.5) is 0 Å². The summed E-state index contributed by atoms with van der Waals surface area (Å²) in [6, 6.07) is 20.7. The van der Waals surface area contributed by atoms with Gasteiger partial charge in [0, 0.05) is 23.8 Å². The van der Waals surface area contributed by atoms with E-state index in [1.54, 1.807) is 0 Å². The van der Waals surface area contributed by atoms with Gasteiger partial charge in [0.15, 0.2) is 0 Å². The Morgan fingerprint density at radius 3 is 2.23 bits per heavy atom. The van der Waals surface area contributed by atoms with E-state index in [1.165, 1.54) is 11.1 Å². The van der Waals surface area contributed by atoms with Crippen molar-refractivity contribution in [3.05, 3.63) is 88.7 Å². The standard InChI is InChI=1S/C26H34N4O/c1-19-23(20(2)30(29-19)18-21-12-8-6-9-13-21)16-27-24(31)17-28-25(26(3,4)5)22-14-10-7-11-15-22/h6-15,25,28H,16-18H2,1-5H3,(H,27,31). The molecule has 1 unspecified atom stereocenters. The predicted molar refractivity (Wildman–Crippen MR) is 126 cm³/mol. The SMILES string of the molecule is Cc1nn(Cc2ccccc2)c(C)c1CNC(=O)CNC(c1ccccc1)C(C)(C)C. The maximum atomic E-state index is 12.6. The summed E-state index contributed by atoms with van der Waals surface area (Å²) < 4.78 is 2.01. The third-order valence-electron chi connectivity index (χ3n) is 5.63. The Kier molecular flexibility index (Phi) is 7.29. The second-order valence-corrected chi connectivity index (χ2v) is 9.16. The van der Waals surface area contributed by atoms with E-state index >= 15 is 0 Å². The van der Waals surface area contributed by atoms with Crippen molar-refractivity contribution in [1.29, 1.82) is 0 Å². The summed E-state index contributed by atoms with van der Waals surface area (Å²) in [5.74, 6) is -0.0141. The lowest BCUT2D eigenvalue weighted by Gasteiger charge is -2.32. The molecule has 31 heavy (non-hydrogen) atoms. The van der Waals surface area contributed by atoms with Crippen LogP contribution in [0.3, 0.4) is 0 Å². The van der Waals surface area contributed by atoms with E-state index < -0.39 is 0 Å². The zero-order valence-electron chi connectivity index (χ0n) is 19.3. The molecule has 1 amide bonds. The number of hydrogen-bond donors (Lipinski definition) is 2. The Morgan fingerprint density at radius 2 is 1.61 bits per heavy atom. The first-order chi connectivity index (χ1) is 14.8. The van der Waals surface area contributed by atoms with Gasteiger partial charge in [0.25, 0.3) is 0 Å². The number of benzene rings is 2. The second kappa shape index (κ2) is 9.92. The van der Waals surface area contributed by atoms with Gasteiger partial charge in [-0.25, -0.2) is 0 Å². The quantitative estimate of drug-likeness (QED) is 0.565. The minimum atomic E-state index is -0.0141. The van der Waals surface area contributed by atoms with E-state index in [0.29, 0.717) is 6.54 Å². The van der Waals surface area contributed by atoms with Gasteiger partial charge in [-0.3, -0.25) is 9.48 Å². The van der Waals surface area contributed by atoms with Crippen molar-refractivity contribution in [1.82, 2.24) is 20.4 Å². The number of aromatic nitrogens is 2. The van der Waals surface area contributed by atoms with Crippen molar-refractivity contribution in [3.8, 4) is 0 Å². The molecule has 0 aliphatic heterocycles. The van der Waals surface area contributed by atoms with E-state index in [9.17, 15) is 4.79 Å². The zero-order chi connectivity index (χ0) is 22.4. The van der Waals surface area contributed by atoms with E-state index in [0.717, 1.165) is 23.5 Å². The molecular formula is C26H34N4O. The predicted octanol–water partition coefficient (Wildman–Crippen LogP) is 4.54. The Balaban J connectivity index is 1.59. The van der Waals surface area contributed by atoms with Gasteiger partial charge >= 0.3 is 0 Å². The third kappa shape index (κ3) is 6.05. The van der Waals surface area contributed by atoms with E-state index in [4.69, 9.17) is 0 Å². The van der Waals surface area contributed by atoms with Crippen LogP contribution < -0.4 is 10.6 Å². The van der Waals surface area contributed by atoms with Gasteiger partial charge in [0.2, 0.25) is 5.91 Å². The normalized spacial score (nSPS) is 12.5. The number of aryl methyl sites for hydroxylation is 1.